The van der Waals surface area contributed by atoms with Gasteiger partial charge in [-0.05, 0) is 49.1 Å². The van der Waals surface area contributed by atoms with Crippen molar-refractivity contribution in [2.75, 3.05) is 0 Å². The van der Waals surface area contributed by atoms with Crippen LogP contribution in [0.3, 0.4) is 0 Å². The lowest BCUT2D eigenvalue weighted by atomic mass is 10.0. The number of carbonyl (C=O) groups is 1. The van der Waals surface area contributed by atoms with Gasteiger partial charge in [-0.15, -0.1) is 0 Å². The van der Waals surface area contributed by atoms with Crippen LogP contribution in [-0.4, -0.2) is 26.6 Å². The molecule has 8 heteroatoms. The largest absolute Gasteiger partial charge is 0.271 e. The minimum absolute atomic E-state index is 0.105. The number of halogens is 1. The summed E-state index contributed by atoms with van der Waals surface area (Å²) in [6, 6.07) is 12.5. The summed E-state index contributed by atoms with van der Waals surface area (Å²) in [4.78, 5) is 12.6. The molecule has 1 amide bonds. The van der Waals surface area contributed by atoms with Crippen LogP contribution in [0.25, 0.3) is 0 Å². The molecule has 2 N–H and O–H groups in total. The van der Waals surface area contributed by atoms with Gasteiger partial charge in [-0.25, -0.2) is 13.8 Å². The number of hydrazone groups is 1. The summed E-state index contributed by atoms with van der Waals surface area (Å²) in [5, 5.41) is 4.46. The number of nitrogens with zero attached hydrogens (tertiary/aromatic N) is 1. The molecule has 28 heavy (non-hydrogen) atoms. The highest BCUT2D eigenvalue weighted by atomic mass is 35.5. The molecule has 2 aromatic carbocycles. The van der Waals surface area contributed by atoms with Crippen LogP contribution >= 0.6 is 11.6 Å². The number of hydrogen-bond acceptors (Lipinski definition) is 4. The van der Waals surface area contributed by atoms with Crippen LogP contribution in [-0.2, 0) is 14.8 Å². The van der Waals surface area contributed by atoms with Gasteiger partial charge in [-0.2, -0.15) is 9.82 Å². The van der Waals surface area contributed by atoms with Crippen LogP contribution in [0.2, 0.25) is 5.02 Å². The number of nitrogens with one attached hydrogen (secondary N) is 2. The Morgan fingerprint density at radius 1 is 1.18 bits per heavy atom. The molecule has 0 unspecified atom stereocenters. The topological polar surface area (TPSA) is 87.6 Å². The standard InChI is InChI=1S/C20H24ClN3O3S/c1-14(2)11-19(24-28(26,27)18-9-7-15(3)8-10-18)20(25)23-22-13-16-5-4-6-17(21)12-16/h4-10,12-14,19,24H,11H2,1-3H3,(H,23,25)/b22-13-/t19-/m1/s1. The predicted octanol–water partition coefficient (Wildman–Crippen LogP) is 3.49. The van der Waals surface area contributed by atoms with Crippen molar-refractivity contribution in [3.05, 3.63) is 64.7 Å². The third-order valence-electron chi connectivity index (χ3n) is 3.89. The minimum atomic E-state index is -3.83. The number of sulfonamides is 1. The average Bonchev–Trinajstić information content (AvgIpc) is 2.61. The molecule has 0 aliphatic heterocycles. The zero-order valence-electron chi connectivity index (χ0n) is 16.0. The molecule has 0 fully saturated rings. The van der Waals surface area contributed by atoms with Crippen molar-refractivity contribution in [2.45, 2.75) is 38.1 Å². The Kier molecular flexibility index (Phi) is 7.74. The fourth-order valence-electron chi connectivity index (χ4n) is 2.49. The van der Waals surface area contributed by atoms with Gasteiger partial charge in [0.2, 0.25) is 10.0 Å². The second kappa shape index (κ2) is 9.82. The van der Waals surface area contributed by atoms with E-state index >= 15 is 0 Å². The van der Waals surface area contributed by atoms with Crippen molar-refractivity contribution in [1.29, 1.82) is 0 Å². The maximum absolute atomic E-state index is 12.6. The van der Waals surface area contributed by atoms with E-state index in [0.29, 0.717) is 17.0 Å². The Hall–Kier alpha value is -2.22. The number of amides is 1. The molecule has 1 atom stereocenters. The number of rotatable bonds is 8. The third-order valence-corrected chi connectivity index (χ3v) is 5.61. The first-order valence-electron chi connectivity index (χ1n) is 8.85. The number of benzene rings is 2. The van der Waals surface area contributed by atoms with Gasteiger partial charge in [0, 0.05) is 5.02 Å². The highest BCUT2D eigenvalue weighted by molar-refractivity contribution is 7.89. The van der Waals surface area contributed by atoms with Gasteiger partial charge in [-0.1, -0.05) is 55.3 Å². The lowest BCUT2D eigenvalue weighted by Crippen LogP contribution is -2.46. The quantitative estimate of drug-likeness (QED) is 0.505. The summed E-state index contributed by atoms with van der Waals surface area (Å²) >= 11 is 5.91. The lowest BCUT2D eigenvalue weighted by Gasteiger charge is -2.19. The zero-order chi connectivity index (χ0) is 20.7. The Morgan fingerprint density at radius 3 is 2.46 bits per heavy atom. The van der Waals surface area contributed by atoms with Gasteiger partial charge in [0.1, 0.15) is 6.04 Å². The second-order valence-electron chi connectivity index (χ2n) is 6.91. The van der Waals surface area contributed by atoms with Crippen molar-refractivity contribution < 1.29 is 13.2 Å². The molecule has 0 saturated carbocycles. The molecule has 0 saturated heterocycles. The van der Waals surface area contributed by atoms with E-state index < -0.39 is 22.0 Å². The first kappa shape index (κ1) is 22.1. The van der Waals surface area contributed by atoms with Gasteiger partial charge in [-0.3, -0.25) is 4.79 Å². The van der Waals surface area contributed by atoms with E-state index in [1.165, 1.54) is 18.3 Å². The highest BCUT2D eigenvalue weighted by Gasteiger charge is 2.26. The van der Waals surface area contributed by atoms with Gasteiger partial charge in [0.15, 0.2) is 0 Å². The van der Waals surface area contributed by atoms with Gasteiger partial charge in [0.25, 0.3) is 5.91 Å². The Morgan fingerprint density at radius 2 is 1.86 bits per heavy atom. The van der Waals surface area contributed by atoms with E-state index in [2.05, 4.69) is 15.2 Å². The molecule has 0 radical (unpaired) electrons. The van der Waals surface area contributed by atoms with Crippen LogP contribution in [0.4, 0.5) is 0 Å². The maximum Gasteiger partial charge on any atom is 0.258 e. The van der Waals surface area contributed by atoms with Crippen molar-refractivity contribution in [3.63, 3.8) is 0 Å². The smallest absolute Gasteiger partial charge is 0.258 e. The van der Waals surface area contributed by atoms with Crippen molar-refractivity contribution in [1.82, 2.24) is 10.1 Å². The molecule has 6 nitrogen and oxygen atoms in total. The van der Waals surface area contributed by atoms with Gasteiger partial charge >= 0.3 is 0 Å². The molecule has 0 aliphatic carbocycles. The van der Waals surface area contributed by atoms with E-state index in [4.69, 9.17) is 11.6 Å². The SMILES string of the molecule is Cc1ccc(S(=O)(=O)N[C@H](CC(C)C)C(=O)N/N=C\c2cccc(Cl)c2)cc1. The van der Waals surface area contributed by atoms with Crippen molar-refractivity contribution >= 4 is 33.7 Å². The molecule has 0 aromatic heterocycles. The van der Waals surface area contributed by atoms with Crippen LogP contribution in [0.5, 0.6) is 0 Å². The Balaban J connectivity index is 2.11. The Bertz CT molecular complexity index is 941. The molecule has 0 spiro atoms. The van der Waals surface area contributed by atoms with Crippen molar-refractivity contribution in [3.8, 4) is 0 Å². The summed E-state index contributed by atoms with van der Waals surface area (Å²) in [7, 11) is -3.83. The van der Waals surface area contributed by atoms with Crippen LogP contribution in [0.15, 0.2) is 58.5 Å². The van der Waals surface area contributed by atoms with E-state index in [1.807, 2.05) is 20.8 Å². The summed E-state index contributed by atoms with van der Waals surface area (Å²) in [5.74, 6) is -0.420. The fraction of sp³-hybridized carbons (Fsp3) is 0.300. The predicted molar refractivity (Wildman–Crippen MR) is 112 cm³/mol. The van der Waals surface area contributed by atoms with Gasteiger partial charge < -0.3 is 0 Å². The molecule has 150 valence electrons. The maximum atomic E-state index is 12.6. The van der Waals surface area contributed by atoms with Crippen LogP contribution in [0.1, 0.15) is 31.4 Å². The lowest BCUT2D eigenvalue weighted by molar-refractivity contribution is -0.123. The minimum Gasteiger partial charge on any atom is -0.271 e. The van der Waals surface area contributed by atoms with E-state index in [1.54, 1.807) is 36.4 Å². The van der Waals surface area contributed by atoms with Crippen molar-refractivity contribution in [2.24, 2.45) is 11.0 Å². The normalized spacial score (nSPS) is 13.0. The number of hydrogen-bond donors (Lipinski definition) is 2. The molecule has 0 heterocycles. The summed E-state index contributed by atoms with van der Waals surface area (Å²) in [6.45, 7) is 5.70. The molecule has 0 aliphatic rings. The first-order valence-corrected chi connectivity index (χ1v) is 10.7. The monoisotopic (exact) mass is 421 g/mol. The number of aryl methyl sites for hydroxylation is 1. The summed E-state index contributed by atoms with van der Waals surface area (Å²) in [5.41, 5.74) is 4.07. The molecular formula is C20H24ClN3O3S. The summed E-state index contributed by atoms with van der Waals surface area (Å²) < 4.78 is 27.7. The number of carbonyl (C=O) groups excluding carboxylic acids is 1. The Labute approximate surface area is 171 Å². The molecular weight excluding hydrogens is 398 g/mol. The molecule has 2 rings (SSSR count). The molecule has 2 aromatic rings. The zero-order valence-corrected chi connectivity index (χ0v) is 17.6. The molecule has 0 bridgehead atoms. The van der Waals surface area contributed by atoms with E-state index in [9.17, 15) is 13.2 Å². The fourth-order valence-corrected chi connectivity index (χ4v) is 3.90. The second-order valence-corrected chi connectivity index (χ2v) is 9.06. The van der Waals surface area contributed by atoms with Crippen LogP contribution < -0.4 is 10.1 Å². The van der Waals surface area contributed by atoms with Crippen LogP contribution in [0, 0.1) is 12.8 Å². The van der Waals surface area contributed by atoms with E-state index in [0.717, 1.165) is 5.56 Å². The first-order chi connectivity index (χ1) is 13.2. The highest BCUT2D eigenvalue weighted by Crippen LogP contribution is 2.13. The average molecular weight is 422 g/mol. The third kappa shape index (κ3) is 6.74. The van der Waals surface area contributed by atoms with E-state index in [-0.39, 0.29) is 10.8 Å². The summed E-state index contributed by atoms with van der Waals surface area (Å²) in [6.07, 6.45) is 1.79. The van der Waals surface area contributed by atoms with Gasteiger partial charge in [0.05, 0.1) is 11.1 Å².